The Morgan fingerprint density at radius 3 is 2.33 bits per heavy atom. The second kappa shape index (κ2) is 10.0. The molecule has 2 fully saturated rings. The van der Waals surface area contributed by atoms with E-state index in [1.807, 2.05) is 29.2 Å². The number of hydrogen-bond donors (Lipinski definition) is 0. The Kier molecular flexibility index (Phi) is 6.92. The minimum Gasteiger partial charge on any atom is -0.334 e. The molecule has 1 heterocycles. The predicted octanol–water partition coefficient (Wildman–Crippen LogP) is 3.65. The summed E-state index contributed by atoms with van der Waals surface area (Å²) < 4.78 is 14.0. The van der Waals surface area contributed by atoms with E-state index in [2.05, 4.69) is 34.1 Å². The van der Waals surface area contributed by atoms with Gasteiger partial charge in [-0.3, -0.25) is 14.6 Å². The zero-order chi connectivity index (χ0) is 20.8. The lowest BCUT2D eigenvalue weighted by Crippen LogP contribution is -2.50. The van der Waals surface area contributed by atoms with Crippen molar-refractivity contribution in [3.63, 3.8) is 0 Å². The van der Waals surface area contributed by atoms with Crippen LogP contribution in [0.25, 0.3) is 6.08 Å². The van der Waals surface area contributed by atoms with E-state index in [-0.39, 0.29) is 17.8 Å². The van der Waals surface area contributed by atoms with Crippen molar-refractivity contribution in [1.82, 2.24) is 14.7 Å². The third-order valence-electron chi connectivity index (χ3n) is 5.90. The first-order chi connectivity index (χ1) is 14.7. The fourth-order valence-electron chi connectivity index (χ4n) is 3.93. The Morgan fingerprint density at radius 2 is 1.63 bits per heavy atom. The van der Waals surface area contributed by atoms with Crippen LogP contribution in [0.2, 0.25) is 0 Å². The standard InChI is InChI=1S/C25H30FN3O/c26-24-11-5-4-10-22(24)19-29(23-12-13-23)25(30)20-28-17-15-27(16-18-28)14-6-9-21-7-2-1-3-8-21/h1-11,23H,12-20H2/b9-6+. The quantitative estimate of drug-likeness (QED) is 0.668. The molecule has 0 atom stereocenters. The van der Waals surface area contributed by atoms with Gasteiger partial charge in [0.05, 0.1) is 6.54 Å². The van der Waals surface area contributed by atoms with E-state index in [9.17, 15) is 9.18 Å². The van der Waals surface area contributed by atoms with Crippen LogP contribution < -0.4 is 0 Å². The van der Waals surface area contributed by atoms with Gasteiger partial charge >= 0.3 is 0 Å². The second-order valence-corrected chi connectivity index (χ2v) is 8.23. The summed E-state index contributed by atoms with van der Waals surface area (Å²) in [5, 5.41) is 0. The molecule has 4 rings (SSSR count). The molecule has 158 valence electrons. The Balaban J connectivity index is 1.24. The highest BCUT2D eigenvalue weighted by molar-refractivity contribution is 5.79. The highest BCUT2D eigenvalue weighted by Gasteiger charge is 2.33. The molecule has 0 bridgehead atoms. The van der Waals surface area contributed by atoms with Gasteiger partial charge in [0.1, 0.15) is 5.82 Å². The van der Waals surface area contributed by atoms with Crippen molar-refractivity contribution in [2.24, 2.45) is 0 Å². The summed E-state index contributed by atoms with van der Waals surface area (Å²) in [7, 11) is 0. The molecule has 0 unspecified atom stereocenters. The van der Waals surface area contributed by atoms with E-state index >= 15 is 0 Å². The number of rotatable bonds is 8. The van der Waals surface area contributed by atoms with Crippen molar-refractivity contribution in [3.05, 3.63) is 77.6 Å². The van der Waals surface area contributed by atoms with Crippen LogP contribution in [-0.4, -0.2) is 65.9 Å². The van der Waals surface area contributed by atoms with Crippen LogP contribution in [0.5, 0.6) is 0 Å². The van der Waals surface area contributed by atoms with Crippen molar-refractivity contribution in [3.8, 4) is 0 Å². The largest absolute Gasteiger partial charge is 0.334 e. The monoisotopic (exact) mass is 407 g/mol. The molecule has 0 N–H and O–H groups in total. The van der Waals surface area contributed by atoms with Gasteiger partial charge in [0.2, 0.25) is 5.91 Å². The second-order valence-electron chi connectivity index (χ2n) is 8.23. The van der Waals surface area contributed by atoms with E-state index < -0.39 is 0 Å². The molecule has 0 spiro atoms. The third kappa shape index (κ3) is 5.77. The van der Waals surface area contributed by atoms with Crippen molar-refractivity contribution >= 4 is 12.0 Å². The highest BCUT2D eigenvalue weighted by Crippen LogP contribution is 2.29. The number of amides is 1. The summed E-state index contributed by atoms with van der Waals surface area (Å²) >= 11 is 0. The van der Waals surface area contributed by atoms with Crippen molar-refractivity contribution in [1.29, 1.82) is 0 Å². The molecule has 0 radical (unpaired) electrons. The van der Waals surface area contributed by atoms with Crippen LogP contribution in [0, 0.1) is 5.82 Å². The van der Waals surface area contributed by atoms with Crippen molar-refractivity contribution in [2.75, 3.05) is 39.3 Å². The van der Waals surface area contributed by atoms with Gasteiger partial charge in [-0.05, 0) is 24.5 Å². The molecule has 2 aliphatic rings. The van der Waals surface area contributed by atoms with Gasteiger partial charge in [-0.15, -0.1) is 0 Å². The normalized spacial score (nSPS) is 18.0. The maximum absolute atomic E-state index is 14.0. The topological polar surface area (TPSA) is 26.8 Å². The molecule has 1 saturated heterocycles. The lowest BCUT2D eigenvalue weighted by Gasteiger charge is -2.35. The molecule has 30 heavy (non-hydrogen) atoms. The summed E-state index contributed by atoms with van der Waals surface area (Å²) in [6, 6.07) is 17.4. The molecule has 5 heteroatoms. The maximum Gasteiger partial charge on any atom is 0.237 e. The van der Waals surface area contributed by atoms with Gasteiger partial charge in [0, 0.05) is 50.9 Å². The van der Waals surface area contributed by atoms with Gasteiger partial charge in [0.15, 0.2) is 0 Å². The predicted molar refractivity (Wildman–Crippen MR) is 118 cm³/mol. The summed E-state index contributed by atoms with van der Waals surface area (Å²) in [5.74, 6) is -0.105. The molecular weight excluding hydrogens is 377 g/mol. The fourth-order valence-corrected chi connectivity index (χ4v) is 3.93. The molecule has 0 aromatic heterocycles. The van der Waals surface area contributed by atoms with Gasteiger partial charge in [-0.2, -0.15) is 0 Å². The number of piperazine rings is 1. The Hall–Kier alpha value is -2.50. The average Bonchev–Trinajstić information content (AvgIpc) is 3.60. The first-order valence-corrected chi connectivity index (χ1v) is 10.9. The van der Waals surface area contributed by atoms with E-state index in [0.717, 1.165) is 45.6 Å². The summed E-state index contributed by atoms with van der Waals surface area (Å²) in [4.78, 5) is 19.5. The van der Waals surface area contributed by atoms with Gasteiger partial charge in [0.25, 0.3) is 0 Å². The molecule has 2 aromatic rings. The Morgan fingerprint density at radius 1 is 0.967 bits per heavy atom. The zero-order valence-electron chi connectivity index (χ0n) is 17.4. The number of carbonyl (C=O) groups is 1. The smallest absolute Gasteiger partial charge is 0.237 e. The average molecular weight is 408 g/mol. The highest BCUT2D eigenvalue weighted by atomic mass is 19.1. The van der Waals surface area contributed by atoms with Crippen molar-refractivity contribution in [2.45, 2.75) is 25.4 Å². The lowest BCUT2D eigenvalue weighted by atomic mass is 10.2. The molecule has 1 amide bonds. The van der Waals surface area contributed by atoms with Crippen LogP contribution in [0.4, 0.5) is 4.39 Å². The molecule has 1 saturated carbocycles. The van der Waals surface area contributed by atoms with E-state index in [1.54, 1.807) is 12.1 Å². The van der Waals surface area contributed by atoms with Gasteiger partial charge < -0.3 is 4.90 Å². The number of carbonyl (C=O) groups excluding carboxylic acids is 1. The van der Waals surface area contributed by atoms with Crippen LogP contribution in [0.3, 0.4) is 0 Å². The third-order valence-corrected chi connectivity index (χ3v) is 5.90. The van der Waals surface area contributed by atoms with Crippen molar-refractivity contribution < 1.29 is 9.18 Å². The van der Waals surface area contributed by atoms with Crippen LogP contribution >= 0.6 is 0 Å². The number of halogens is 1. The van der Waals surface area contributed by atoms with Crippen LogP contribution in [0.15, 0.2) is 60.7 Å². The summed E-state index contributed by atoms with van der Waals surface area (Å²) in [5.41, 5.74) is 1.82. The fraction of sp³-hybridized carbons (Fsp3) is 0.400. The summed E-state index contributed by atoms with van der Waals surface area (Å²) in [6.07, 6.45) is 6.43. The van der Waals surface area contributed by atoms with Gasteiger partial charge in [-0.1, -0.05) is 60.7 Å². The molecule has 1 aliphatic heterocycles. The van der Waals surface area contributed by atoms with Gasteiger partial charge in [-0.25, -0.2) is 4.39 Å². The Bertz CT molecular complexity index is 858. The van der Waals surface area contributed by atoms with Crippen LogP contribution in [-0.2, 0) is 11.3 Å². The zero-order valence-corrected chi connectivity index (χ0v) is 17.4. The maximum atomic E-state index is 14.0. The minimum atomic E-state index is -0.229. The number of nitrogens with zero attached hydrogens (tertiary/aromatic N) is 3. The molecule has 2 aromatic carbocycles. The van der Waals surface area contributed by atoms with E-state index in [0.29, 0.717) is 18.7 Å². The number of hydrogen-bond acceptors (Lipinski definition) is 3. The number of benzene rings is 2. The van der Waals surface area contributed by atoms with E-state index in [1.165, 1.54) is 11.6 Å². The Labute approximate surface area is 178 Å². The first-order valence-electron chi connectivity index (χ1n) is 10.9. The molecule has 1 aliphatic carbocycles. The van der Waals surface area contributed by atoms with E-state index in [4.69, 9.17) is 0 Å². The lowest BCUT2D eigenvalue weighted by molar-refractivity contribution is -0.134. The van der Waals surface area contributed by atoms with Crippen LogP contribution in [0.1, 0.15) is 24.0 Å². The summed E-state index contributed by atoms with van der Waals surface area (Å²) in [6.45, 7) is 5.44. The SMILES string of the molecule is O=C(CN1CCN(C/C=C/c2ccccc2)CC1)N(Cc1ccccc1F)C1CC1. The molecule has 4 nitrogen and oxygen atoms in total. The minimum absolute atomic E-state index is 0.123. The molecular formula is C25H30FN3O. The first kappa shape index (κ1) is 20.8.